The number of benzene rings is 1. The normalized spacial score (nSPS) is 10.8. The maximum absolute atomic E-state index is 9.78. The molecular weight excluding hydrogens is 198 g/mol. The second kappa shape index (κ2) is 3.42. The van der Waals surface area contributed by atoms with E-state index in [1.54, 1.807) is 6.07 Å². The molecule has 0 saturated carbocycles. The lowest BCUT2D eigenvalue weighted by Crippen LogP contribution is -1.84. The van der Waals surface area contributed by atoms with Gasteiger partial charge in [-0.25, -0.2) is 0 Å². The molecule has 0 spiro atoms. The van der Waals surface area contributed by atoms with Crippen molar-refractivity contribution < 1.29 is 5.11 Å². The third kappa shape index (κ3) is 1.36. The highest BCUT2D eigenvalue weighted by Crippen LogP contribution is 2.28. The number of hydrogen-bond acceptors (Lipinski definition) is 1. The lowest BCUT2D eigenvalue weighted by molar-refractivity contribution is 0.477. The molecule has 0 fully saturated rings. The first-order valence-corrected chi connectivity index (χ1v) is 5.20. The Kier molecular flexibility index (Phi) is 1.93. The fourth-order valence-corrected chi connectivity index (χ4v) is 1.91. The minimum Gasteiger partial charge on any atom is -0.507 e. The van der Waals surface area contributed by atoms with Crippen LogP contribution in [0.15, 0.2) is 60.9 Å². The Morgan fingerprint density at radius 2 is 1.75 bits per heavy atom. The number of rotatable bonds is 1. The van der Waals surface area contributed by atoms with E-state index in [2.05, 4.69) is 6.07 Å². The third-order valence-corrected chi connectivity index (χ3v) is 2.74. The zero-order chi connectivity index (χ0) is 11.0. The molecule has 2 heterocycles. The molecule has 0 atom stereocenters. The molecule has 2 heteroatoms. The first kappa shape index (κ1) is 9.04. The molecule has 0 amide bonds. The van der Waals surface area contributed by atoms with Gasteiger partial charge in [0.25, 0.3) is 0 Å². The molecule has 78 valence electrons. The van der Waals surface area contributed by atoms with Crippen molar-refractivity contribution >= 4 is 5.52 Å². The lowest BCUT2D eigenvalue weighted by atomic mass is 10.1. The summed E-state index contributed by atoms with van der Waals surface area (Å²) < 4.78 is 2.04. The summed E-state index contributed by atoms with van der Waals surface area (Å²) >= 11 is 0. The zero-order valence-electron chi connectivity index (χ0n) is 8.67. The fourth-order valence-electron chi connectivity index (χ4n) is 1.91. The molecule has 0 unspecified atom stereocenters. The lowest BCUT2D eigenvalue weighted by Gasteiger charge is -2.05. The molecule has 1 N–H and O–H groups in total. The summed E-state index contributed by atoms with van der Waals surface area (Å²) in [5, 5.41) is 9.78. The number of phenolic OH excluding ortho intramolecular Hbond substituents is 1. The van der Waals surface area contributed by atoms with E-state index in [9.17, 15) is 5.11 Å². The molecule has 3 rings (SSSR count). The van der Waals surface area contributed by atoms with Crippen molar-refractivity contribution in [3.8, 4) is 16.9 Å². The number of phenols is 1. The van der Waals surface area contributed by atoms with Crippen LogP contribution in [-0.2, 0) is 0 Å². The van der Waals surface area contributed by atoms with Crippen LogP contribution in [0.25, 0.3) is 16.6 Å². The van der Waals surface area contributed by atoms with Gasteiger partial charge in [0.2, 0.25) is 0 Å². The van der Waals surface area contributed by atoms with Crippen LogP contribution in [0.3, 0.4) is 0 Å². The van der Waals surface area contributed by atoms with Crippen LogP contribution >= 0.6 is 0 Å². The van der Waals surface area contributed by atoms with Gasteiger partial charge in [-0.05, 0) is 24.3 Å². The van der Waals surface area contributed by atoms with Gasteiger partial charge in [0.1, 0.15) is 5.75 Å². The van der Waals surface area contributed by atoms with Crippen molar-refractivity contribution in [2.24, 2.45) is 0 Å². The summed E-state index contributed by atoms with van der Waals surface area (Å²) in [4.78, 5) is 0. The van der Waals surface area contributed by atoms with E-state index < -0.39 is 0 Å². The molecule has 2 aromatic heterocycles. The Morgan fingerprint density at radius 1 is 0.875 bits per heavy atom. The van der Waals surface area contributed by atoms with Gasteiger partial charge in [0.05, 0.1) is 0 Å². The van der Waals surface area contributed by atoms with E-state index in [1.807, 2.05) is 53.2 Å². The second-order valence-electron chi connectivity index (χ2n) is 3.78. The van der Waals surface area contributed by atoms with Crippen LogP contribution in [-0.4, -0.2) is 9.51 Å². The highest BCUT2D eigenvalue weighted by atomic mass is 16.3. The topological polar surface area (TPSA) is 24.6 Å². The molecular formula is C14H11NO. The third-order valence-electron chi connectivity index (χ3n) is 2.74. The van der Waals surface area contributed by atoms with Crippen molar-refractivity contribution in [1.29, 1.82) is 0 Å². The van der Waals surface area contributed by atoms with Gasteiger partial charge in [0.15, 0.2) is 0 Å². The van der Waals surface area contributed by atoms with E-state index in [0.29, 0.717) is 5.75 Å². The van der Waals surface area contributed by atoms with Crippen LogP contribution in [0.4, 0.5) is 0 Å². The number of nitrogens with zero attached hydrogens (tertiary/aromatic N) is 1. The Bertz CT molecular complexity index is 640. The summed E-state index contributed by atoms with van der Waals surface area (Å²) in [6.45, 7) is 0. The van der Waals surface area contributed by atoms with Crippen molar-refractivity contribution in [2.45, 2.75) is 0 Å². The van der Waals surface area contributed by atoms with Gasteiger partial charge < -0.3 is 9.51 Å². The zero-order valence-corrected chi connectivity index (χ0v) is 8.67. The van der Waals surface area contributed by atoms with Gasteiger partial charge in [-0.2, -0.15) is 0 Å². The standard InChI is InChI=1S/C14H11NO/c16-14-6-2-1-5-13(14)11-7-8-12-4-3-9-15(12)10-11/h1-10,16H. The van der Waals surface area contributed by atoms with E-state index in [-0.39, 0.29) is 0 Å². The molecule has 0 aliphatic rings. The summed E-state index contributed by atoms with van der Waals surface area (Å²) in [7, 11) is 0. The molecule has 2 nitrogen and oxygen atoms in total. The monoisotopic (exact) mass is 209 g/mol. The highest BCUT2D eigenvalue weighted by Gasteiger charge is 2.03. The van der Waals surface area contributed by atoms with Gasteiger partial charge in [0, 0.05) is 29.0 Å². The number of aromatic hydroxyl groups is 1. The van der Waals surface area contributed by atoms with Crippen molar-refractivity contribution in [3.63, 3.8) is 0 Å². The molecule has 16 heavy (non-hydrogen) atoms. The minimum atomic E-state index is 0.314. The number of hydrogen-bond donors (Lipinski definition) is 1. The van der Waals surface area contributed by atoms with Crippen LogP contribution in [0.5, 0.6) is 5.75 Å². The number of aromatic nitrogens is 1. The minimum absolute atomic E-state index is 0.314. The van der Waals surface area contributed by atoms with E-state index in [4.69, 9.17) is 0 Å². The molecule has 1 aromatic carbocycles. The average Bonchev–Trinajstić information content (AvgIpc) is 2.76. The highest BCUT2D eigenvalue weighted by molar-refractivity contribution is 5.71. The summed E-state index contributed by atoms with van der Waals surface area (Å²) in [5.74, 6) is 0.314. The SMILES string of the molecule is Oc1ccccc1-c1ccc2cccn2c1. The largest absolute Gasteiger partial charge is 0.507 e. The Balaban J connectivity index is 2.22. The van der Waals surface area contributed by atoms with E-state index in [1.165, 1.54) is 0 Å². The van der Waals surface area contributed by atoms with Gasteiger partial charge >= 0.3 is 0 Å². The van der Waals surface area contributed by atoms with Crippen LogP contribution in [0.2, 0.25) is 0 Å². The van der Waals surface area contributed by atoms with E-state index in [0.717, 1.165) is 16.6 Å². The van der Waals surface area contributed by atoms with Gasteiger partial charge in [-0.1, -0.05) is 24.3 Å². The first-order valence-electron chi connectivity index (χ1n) is 5.20. The Morgan fingerprint density at radius 3 is 2.62 bits per heavy atom. The first-order chi connectivity index (χ1) is 7.84. The molecule has 3 aromatic rings. The molecule has 0 saturated heterocycles. The predicted octanol–water partition coefficient (Wildman–Crippen LogP) is 3.31. The van der Waals surface area contributed by atoms with Crippen LogP contribution in [0.1, 0.15) is 0 Å². The second-order valence-corrected chi connectivity index (χ2v) is 3.78. The van der Waals surface area contributed by atoms with Gasteiger partial charge in [-0.15, -0.1) is 0 Å². The quantitative estimate of drug-likeness (QED) is 0.653. The van der Waals surface area contributed by atoms with E-state index >= 15 is 0 Å². The summed E-state index contributed by atoms with van der Waals surface area (Å²) in [5.41, 5.74) is 3.03. The Hall–Kier alpha value is -2.22. The molecule has 0 aliphatic heterocycles. The van der Waals surface area contributed by atoms with Crippen LogP contribution < -0.4 is 0 Å². The van der Waals surface area contributed by atoms with Crippen molar-refractivity contribution in [2.75, 3.05) is 0 Å². The fraction of sp³-hybridized carbons (Fsp3) is 0. The molecule has 0 aliphatic carbocycles. The van der Waals surface area contributed by atoms with Crippen molar-refractivity contribution in [1.82, 2.24) is 4.40 Å². The summed E-state index contributed by atoms with van der Waals surface area (Å²) in [6, 6.07) is 15.5. The predicted molar refractivity (Wildman–Crippen MR) is 64.5 cm³/mol. The smallest absolute Gasteiger partial charge is 0.123 e. The number of fused-ring (bicyclic) bond motifs is 1. The van der Waals surface area contributed by atoms with Crippen LogP contribution in [0, 0.1) is 0 Å². The maximum Gasteiger partial charge on any atom is 0.123 e. The Labute approximate surface area is 93.4 Å². The summed E-state index contributed by atoms with van der Waals surface area (Å²) in [6.07, 6.45) is 4.02. The number of pyridine rings is 1. The van der Waals surface area contributed by atoms with Crippen molar-refractivity contribution in [3.05, 3.63) is 60.9 Å². The molecule has 0 bridgehead atoms. The maximum atomic E-state index is 9.78. The molecule has 0 radical (unpaired) electrons. The van der Waals surface area contributed by atoms with Gasteiger partial charge in [-0.3, -0.25) is 0 Å². The number of para-hydroxylation sites is 1. The average molecular weight is 209 g/mol.